The van der Waals surface area contributed by atoms with Gasteiger partial charge in [0.05, 0.1) is 6.61 Å². The SMILES string of the molecule is CCCCCCCCCCCCc1ccc(OCC2(C)CO2)cc1. The maximum absolute atomic E-state index is 5.77. The first-order valence-corrected chi connectivity index (χ1v) is 10.1. The number of unbranched alkanes of at least 4 members (excludes halogenated alkanes) is 9. The molecule has 2 heteroatoms. The third-order valence-electron chi connectivity index (χ3n) is 4.92. The maximum Gasteiger partial charge on any atom is 0.123 e. The van der Waals surface area contributed by atoms with Crippen LogP contribution in [0.3, 0.4) is 0 Å². The van der Waals surface area contributed by atoms with Crippen LogP contribution in [0.1, 0.15) is 83.6 Å². The molecule has 0 bridgehead atoms. The summed E-state index contributed by atoms with van der Waals surface area (Å²) in [5.41, 5.74) is 1.39. The number of rotatable bonds is 14. The van der Waals surface area contributed by atoms with Crippen LogP contribution in [-0.2, 0) is 11.2 Å². The molecule has 1 atom stereocenters. The lowest BCUT2D eigenvalue weighted by molar-refractivity contribution is 0.202. The minimum absolute atomic E-state index is 0.0331. The van der Waals surface area contributed by atoms with Crippen LogP contribution >= 0.6 is 0 Å². The highest BCUT2D eigenvalue weighted by atomic mass is 16.6. The Bertz CT molecular complexity index is 434. The standard InChI is InChI=1S/C22H36O2/c1-3-4-5-6-7-8-9-10-11-12-13-20-14-16-21(17-15-20)23-18-22(2)19-24-22/h14-17H,3-13,18-19H2,1-2H3. The summed E-state index contributed by atoms with van der Waals surface area (Å²) >= 11 is 0. The van der Waals surface area contributed by atoms with Crippen LogP contribution in [0.2, 0.25) is 0 Å². The Balaban J connectivity index is 1.45. The monoisotopic (exact) mass is 332 g/mol. The molecule has 0 N–H and O–H groups in total. The maximum atomic E-state index is 5.77. The Morgan fingerprint density at radius 3 is 1.96 bits per heavy atom. The fourth-order valence-electron chi connectivity index (χ4n) is 3.01. The number of aryl methyl sites for hydroxylation is 1. The van der Waals surface area contributed by atoms with E-state index >= 15 is 0 Å². The molecular formula is C22H36O2. The number of benzene rings is 1. The topological polar surface area (TPSA) is 21.8 Å². The summed E-state index contributed by atoms with van der Waals surface area (Å²) in [5, 5.41) is 0. The molecule has 0 spiro atoms. The average molecular weight is 333 g/mol. The minimum Gasteiger partial charge on any atom is -0.491 e. The van der Waals surface area contributed by atoms with Gasteiger partial charge >= 0.3 is 0 Å². The molecule has 136 valence electrons. The van der Waals surface area contributed by atoms with E-state index in [-0.39, 0.29) is 5.60 Å². The van der Waals surface area contributed by atoms with Crippen molar-refractivity contribution in [2.75, 3.05) is 13.2 Å². The van der Waals surface area contributed by atoms with Gasteiger partial charge in [0.1, 0.15) is 18.0 Å². The van der Waals surface area contributed by atoms with Gasteiger partial charge in [0.15, 0.2) is 0 Å². The van der Waals surface area contributed by atoms with Crippen molar-refractivity contribution in [2.45, 2.75) is 90.1 Å². The molecule has 24 heavy (non-hydrogen) atoms. The molecule has 1 aliphatic heterocycles. The van der Waals surface area contributed by atoms with Gasteiger partial charge < -0.3 is 9.47 Å². The van der Waals surface area contributed by atoms with Gasteiger partial charge in [0.2, 0.25) is 0 Å². The summed E-state index contributed by atoms with van der Waals surface area (Å²) in [4.78, 5) is 0. The number of hydrogen-bond donors (Lipinski definition) is 0. The van der Waals surface area contributed by atoms with E-state index in [1.54, 1.807) is 0 Å². The van der Waals surface area contributed by atoms with Crippen molar-refractivity contribution in [3.8, 4) is 5.75 Å². The van der Waals surface area contributed by atoms with Crippen LogP contribution in [0.5, 0.6) is 5.75 Å². The van der Waals surface area contributed by atoms with E-state index < -0.39 is 0 Å². The third kappa shape index (κ3) is 8.19. The van der Waals surface area contributed by atoms with E-state index in [1.165, 1.54) is 76.2 Å². The minimum atomic E-state index is -0.0331. The Morgan fingerprint density at radius 1 is 0.875 bits per heavy atom. The Kier molecular flexibility index (Phi) is 8.66. The normalized spacial score (nSPS) is 19.4. The van der Waals surface area contributed by atoms with E-state index in [9.17, 15) is 0 Å². The molecule has 0 amide bonds. The molecule has 1 aromatic rings. The van der Waals surface area contributed by atoms with Gasteiger partial charge in [-0.25, -0.2) is 0 Å². The summed E-state index contributed by atoms with van der Waals surface area (Å²) in [6, 6.07) is 8.60. The number of hydrogen-bond acceptors (Lipinski definition) is 2. The zero-order chi connectivity index (χ0) is 17.1. The number of ether oxygens (including phenoxy) is 2. The van der Waals surface area contributed by atoms with E-state index in [4.69, 9.17) is 9.47 Å². The van der Waals surface area contributed by atoms with Crippen molar-refractivity contribution in [3.63, 3.8) is 0 Å². The van der Waals surface area contributed by atoms with Gasteiger partial charge in [-0.2, -0.15) is 0 Å². The summed E-state index contributed by atoms with van der Waals surface area (Å²) in [6.45, 7) is 5.85. The zero-order valence-corrected chi connectivity index (χ0v) is 15.8. The number of epoxide rings is 1. The van der Waals surface area contributed by atoms with Crippen molar-refractivity contribution >= 4 is 0 Å². The second-order valence-corrected chi connectivity index (χ2v) is 7.60. The van der Waals surface area contributed by atoms with Crippen molar-refractivity contribution in [3.05, 3.63) is 29.8 Å². The predicted octanol–water partition coefficient (Wildman–Crippen LogP) is 6.32. The average Bonchev–Trinajstić information content (AvgIpc) is 3.34. The largest absolute Gasteiger partial charge is 0.491 e. The van der Waals surface area contributed by atoms with Crippen molar-refractivity contribution < 1.29 is 9.47 Å². The molecule has 2 nitrogen and oxygen atoms in total. The molecule has 1 unspecified atom stereocenters. The second-order valence-electron chi connectivity index (χ2n) is 7.60. The Hall–Kier alpha value is -1.02. The van der Waals surface area contributed by atoms with Gasteiger partial charge in [0, 0.05) is 0 Å². The molecule has 1 heterocycles. The molecule has 1 aliphatic rings. The highest BCUT2D eigenvalue weighted by Crippen LogP contribution is 2.27. The fourth-order valence-corrected chi connectivity index (χ4v) is 3.01. The van der Waals surface area contributed by atoms with Crippen LogP contribution in [0.4, 0.5) is 0 Å². The summed E-state index contributed by atoms with van der Waals surface area (Å²) in [7, 11) is 0. The van der Waals surface area contributed by atoms with Crippen LogP contribution in [0.25, 0.3) is 0 Å². The van der Waals surface area contributed by atoms with E-state index in [2.05, 4.69) is 38.1 Å². The molecule has 2 rings (SSSR count). The zero-order valence-electron chi connectivity index (χ0n) is 15.8. The van der Waals surface area contributed by atoms with Gasteiger partial charge in [-0.15, -0.1) is 0 Å². The molecule has 1 fully saturated rings. The fraction of sp³-hybridized carbons (Fsp3) is 0.727. The van der Waals surface area contributed by atoms with E-state index in [1.807, 2.05) is 0 Å². The molecule has 0 aromatic heterocycles. The molecule has 1 saturated heterocycles. The van der Waals surface area contributed by atoms with Crippen LogP contribution in [0.15, 0.2) is 24.3 Å². The first-order chi connectivity index (χ1) is 11.7. The summed E-state index contributed by atoms with van der Waals surface area (Å²) < 4.78 is 11.1. The molecule has 0 saturated carbocycles. The predicted molar refractivity (Wildman–Crippen MR) is 102 cm³/mol. The van der Waals surface area contributed by atoms with Gasteiger partial charge in [-0.1, -0.05) is 76.8 Å². The second kappa shape index (κ2) is 10.8. The van der Waals surface area contributed by atoms with Gasteiger partial charge in [-0.05, 0) is 37.5 Å². The smallest absolute Gasteiger partial charge is 0.123 e. The highest BCUT2D eigenvalue weighted by molar-refractivity contribution is 5.27. The summed E-state index contributed by atoms with van der Waals surface area (Å²) in [6.07, 6.45) is 15.2. The molecule has 0 aliphatic carbocycles. The van der Waals surface area contributed by atoms with Crippen molar-refractivity contribution in [2.24, 2.45) is 0 Å². The van der Waals surface area contributed by atoms with E-state index in [0.29, 0.717) is 6.61 Å². The van der Waals surface area contributed by atoms with Gasteiger partial charge in [0.25, 0.3) is 0 Å². The van der Waals surface area contributed by atoms with Crippen LogP contribution in [-0.4, -0.2) is 18.8 Å². The first kappa shape index (κ1) is 19.3. The van der Waals surface area contributed by atoms with Crippen molar-refractivity contribution in [1.29, 1.82) is 0 Å². The lowest BCUT2D eigenvalue weighted by atomic mass is 10.0. The summed E-state index contributed by atoms with van der Waals surface area (Å²) in [5.74, 6) is 0.957. The van der Waals surface area contributed by atoms with E-state index in [0.717, 1.165) is 12.4 Å². The molecule has 1 aromatic carbocycles. The van der Waals surface area contributed by atoms with Crippen LogP contribution < -0.4 is 4.74 Å². The van der Waals surface area contributed by atoms with Gasteiger partial charge in [-0.3, -0.25) is 0 Å². The lowest BCUT2D eigenvalue weighted by Gasteiger charge is -2.09. The van der Waals surface area contributed by atoms with Crippen LogP contribution in [0, 0.1) is 0 Å². The molecule has 0 radical (unpaired) electrons. The molecular weight excluding hydrogens is 296 g/mol. The Labute approximate surface area is 148 Å². The highest BCUT2D eigenvalue weighted by Gasteiger charge is 2.40. The quantitative estimate of drug-likeness (QED) is 0.294. The van der Waals surface area contributed by atoms with Crippen molar-refractivity contribution in [1.82, 2.24) is 0 Å². The Morgan fingerprint density at radius 2 is 1.42 bits per heavy atom. The lowest BCUT2D eigenvalue weighted by Crippen LogP contribution is -2.16. The third-order valence-corrected chi connectivity index (χ3v) is 4.92. The first-order valence-electron chi connectivity index (χ1n) is 10.1.